The van der Waals surface area contributed by atoms with E-state index in [0.29, 0.717) is 0 Å². The van der Waals surface area contributed by atoms with E-state index in [-0.39, 0.29) is 5.88 Å². The first kappa shape index (κ1) is 19.5. The zero-order chi connectivity index (χ0) is 21.0. The maximum absolute atomic E-state index is 10.7. The number of ether oxygens (including phenoxy) is 1. The van der Waals surface area contributed by atoms with Gasteiger partial charge in [0.25, 0.3) is 0 Å². The van der Waals surface area contributed by atoms with Crippen LogP contribution in [0.1, 0.15) is 16.7 Å². The topological polar surface area (TPSA) is 60.8 Å². The number of aromatic hydroxyl groups is 1. The first-order valence-corrected chi connectivity index (χ1v) is 10.6. The van der Waals surface area contributed by atoms with Gasteiger partial charge in [-0.15, -0.1) is 0 Å². The van der Waals surface area contributed by atoms with Gasteiger partial charge in [-0.3, -0.25) is 4.90 Å². The van der Waals surface area contributed by atoms with Gasteiger partial charge in [-0.25, -0.2) is 4.99 Å². The van der Waals surface area contributed by atoms with E-state index in [1.165, 1.54) is 5.56 Å². The maximum atomic E-state index is 10.7. The summed E-state index contributed by atoms with van der Waals surface area (Å²) in [5.41, 5.74) is 5.43. The van der Waals surface area contributed by atoms with Crippen LogP contribution in [0.3, 0.4) is 0 Å². The minimum absolute atomic E-state index is 0.132. The molecule has 4 aromatic rings. The predicted octanol–water partition coefficient (Wildman–Crippen LogP) is 4.87. The molecule has 3 aromatic carbocycles. The van der Waals surface area contributed by atoms with Crippen molar-refractivity contribution >= 4 is 22.3 Å². The van der Waals surface area contributed by atoms with Crippen molar-refractivity contribution in [2.75, 3.05) is 26.3 Å². The third kappa shape index (κ3) is 4.24. The smallest absolute Gasteiger partial charge is 0.199 e. The fourth-order valence-electron chi connectivity index (χ4n) is 4.05. The Bertz CT molecular complexity index is 1190. The van der Waals surface area contributed by atoms with Crippen LogP contribution in [0.5, 0.6) is 5.88 Å². The van der Waals surface area contributed by atoms with Crippen LogP contribution in [0.2, 0.25) is 0 Å². The lowest BCUT2D eigenvalue weighted by atomic mass is 10.0. The van der Waals surface area contributed by atoms with Gasteiger partial charge in [0.1, 0.15) is 0 Å². The lowest BCUT2D eigenvalue weighted by Gasteiger charge is -2.26. The standard InChI is InChI=1S/C26H25N3O2/c30-26-24(22-8-4-5-9-23(22)28-26)25(20-6-2-1-3-7-20)27-21-12-10-19(11-13-21)18-29-14-16-31-17-15-29/h1-13,28,30H,14-18H2. The van der Waals surface area contributed by atoms with Crippen molar-refractivity contribution < 1.29 is 9.84 Å². The van der Waals surface area contributed by atoms with Gasteiger partial charge in [0.05, 0.1) is 30.2 Å². The Labute approximate surface area is 181 Å². The fourth-order valence-corrected chi connectivity index (χ4v) is 4.05. The normalized spacial score (nSPS) is 15.4. The summed E-state index contributed by atoms with van der Waals surface area (Å²) in [6, 6.07) is 26.2. The molecule has 2 N–H and O–H groups in total. The molecule has 0 atom stereocenters. The first-order valence-electron chi connectivity index (χ1n) is 10.6. The average Bonchev–Trinajstić information content (AvgIpc) is 3.15. The minimum Gasteiger partial charge on any atom is -0.494 e. The van der Waals surface area contributed by atoms with Gasteiger partial charge >= 0.3 is 0 Å². The van der Waals surface area contributed by atoms with Gasteiger partial charge in [0.2, 0.25) is 0 Å². The molecule has 5 rings (SSSR count). The highest BCUT2D eigenvalue weighted by atomic mass is 16.5. The monoisotopic (exact) mass is 411 g/mol. The molecule has 0 spiro atoms. The molecule has 1 aliphatic rings. The Kier molecular flexibility index (Phi) is 5.52. The number of hydrogen-bond donors (Lipinski definition) is 2. The molecule has 0 bridgehead atoms. The highest BCUT2D eigenvalue weighted by Gasteiger charge is 2.18. The molecule has 0 unspecified atom stereocenters. The number of aromatic amines is 1. The van der Waals surface area contributed by atoms with Crippen molar-refractivity contribution in [2.45, 2.75) is 6.54 Å². The summed E-state index contributed by atoms with van der Waals surface area (Å²) >= 11 is 0. The number of aliphatic imine (C=N–C) groups is 1. The molecule has 1 aliphatic heterocycles. The minimum atomic E-state index is 0.132. The van der Waals surface area contributed by atoms with E-state index < -0.39 is 0 Å². The number of H-pyrrole nitrogens is 1. The third-order valence-electron chi connectivity index (χ3n) is 5.66. The Morgan fingerprint density at radius 2 is 1.61 bits per heavy atom. The van der Waals surface area contributed by atoms with Gasteiger partial charge in [-0.2, -0.15) is 0 Å². The van der Waals surface area contributed by atoms with Gasteiger partial charge in [-0.05, 0) is 23.8 Å². The van der Waals surface area contributed by atoms with E-state index in [4.69, 9.17) is 9.73 Å². The summed E-state index contributed by atoms with van der Waals surface area (Å²) < 4.78 is 5.44. The van der Waals surface area contributed by atoms with Crippen LogP contribution in [0.4, 0.5) is 5.69 Å². The first-order chi connectivity index (χ1) is 15.3. The van der Waals surface area contributed by atoms with Crippen LogP contribution in [0, 0.1) is 0 Å². The number of hydrogen-bond acceptors (Lipinski definition) is 4. The molecule has 0 amide bonds. The highest BCUT2D eigenvalue weighted by molar-refractivity contribution is 6.21. The Balaban J connectivity index is 1.52. The van der Waals surface area contributed by atoms with Crippen LogP contribution < -0.4 is 0 Å². The molecule has 5 nitrogen and oxygen atoms in total. The molecule has 0 radical (unpaired) electrons. The molecule has 1 aromatic heterocycles. The Morgan fingerprint density at radius 1 is 0.903 bits per heavy atom. The van der Waals surface area contributed by atoms with Crippen molar-refractivity contribution in [1.82, 2.24) is 9.88 Å². The van der Waals surface area contributed by atoms with Crippen LogP contribution in [-0.4, -0.2) is 47.0 Å². The van der Waals surface area contributed by atoms with Gasteiger partial charge in [-0.1, -0.05) is 60.7 Å². The second-order valence-electron chi connectivity index (χ2n) is 7.78. The van der Waals surface area contributed by atoms with Crippen molar-refractivity contribution in [2.24, 2.45) is 4.99 Å². The van der Waals surface area contributed by atoms with Gasteiger partial charge in [0, 0.05) is 36.1 Å². The number of morpholine rings is 1. The fraction of sp³-hybridized carbons (Fsp3) is 0.192. The summed E-state index contributed by atoms with van der Waals surface area (Å²) in [7, 11) is 0. The number of benzene rings is 3. The van der Waals surface area contributed by atoms with Crippen LogP contribution in [0.25, 0.3) is 10.9 Å². The van der Waals surface area contributed by atoms with Gasteiger partial charge in [0.15, 0.2) is 5.88 Å². The summed E-state index contributed by atoms with van der Waals surface area (Å²) in [6.45, 7) is 4.46. The highest BCUT2D eigenvalue weighted by Crippen LogP contribution is 2.31. The molecule has 1 fully saturated rings. The summed E-state index contributed by atoms with van der Waals surface area (Å²) in [5, 5.41) is 11.7. The molecule has 2 heterocycles. The molecular formula is C26H25N3O2. The van der Waals surface area contributed by atoms with Gasteiger partial charge < -0.3 is 14.8 Å². The third-order valence-corrected chi connectivity index (χ3v) is 5.66. The van der Waals surface area contributed by atoms with Crippen molar-refractivity contribution in [3.63, 3.8) is 0 Å². The Hall–Kier alpha value is -3.41. The molecule has 0 aliphatic carbocycles. The quantitative estimate of drug-likeness (QED) is 0.461. The van der Waals surface area contributed by atoms with Crippen LogP contribution in [-0.2, 0) is 11.3 Å². The average molecular weight is 412 g/mol. The molecule has 5 heteroatoms. The molecule has 31 heavy (non-hydrogen) atoms. The van der Waals surface area contributed by atoms with E-state index in [0.717, 1.165) is 66.3 Å². The Morgan fingerprint density at radius 3 is 2.39 bits per heavy atom. The zero-order valence-electron chi connectivity index (χ0n) is 17.3. The summed E-state index contributed by atoms with van der Waals surface area (Å²) in [4.78, 5) is 10.5. The van der Waals surface area contributed by atoms with Crippen LogP contribution >= 0.6 is 0 Å². The van der Waals surface area contributed by atoms with E-state index in [1.807, 2.05) is 66.7 Å². The molecule has 156 valence electrons. The summed E-state index contributed by atoms with van der Waals surface area (Å²) in [6.07, 6.45) is 0. The second kappa shape index (κ2) is 8.76. The van der Waals surface area contributed by atoms with Crippen molar-refractivity contribution in [3.05, 3.63) is 95.6 Å². The largest absolute Gasteiger partial charge is 0.494 e. The molecular weight excluding hydrogens is 386 g/mol. The molecule has 0 saturated carbocycles. The van der Waals surface area contributed by atoms with E-state index >= 15 is 0 Å². The van der Waals surface area contributed by atoms with Crippen molar-refractivity contribution in [1.29, 1.82) is 0 Å². The number of aromatic nitrogens is 1. The lowest BCUT2D eigenvalue weighted by Crippen LogP contribution is -2.35. The van der Waals surface area contributed by atoms with Crippen molar-refractivity contribution in [3.8, 4) is 5.88 Å². The number of para-hydroxylation sites is 1. The van der Waals surface area contributed by atoms with E-state index in [2.05, 4.69) is 22.0 Å². The zero-order valence-corrected chi connectivity index (χ0v) is 17.3. The number of fused-ring (bicyclic) bond motifs is 1. The second-order valence-corrected chi connectivity index (χ2v) is 7.78. The number of rotatable bonds is 5. The van der Waals surface area contributed by atoms with Crippen LogP contribution in [0.15, 0.2) is 83.9 Å². The van der Waals surface area contributed by atoms with E-state index in [1.54, 1.807) is 0 Å². The predicted molar refractivity (Wildman–Crippen MR) is 124 cm³/mol. The SMILES string of the molecule is Oc1[nH]c2ccccc2c1C(=Nc1ccc(CN2CCOCC2)cc1)c1ccccc1. The number of nitrogens with one attached hydrogen (secondary N) is 1. The lowest BCUT2D eigenvalue weighted by molar-refractivity contribution is 0.0342. The summed E-state index contributed by atoms with van der Waals surface area (Å²) in [5.74, 6) is 0.132. The molecule has 1 saturated heterocycles. The number of nitrogens with zero attached hydrogens (tertiary/aromatic N) is 2. The maximum Gasteiger partial charge on any atom is 0.199 e. The van der Waals surface area contributed by atoms with E-state index in [9.17, 15) is 5.11 Å².